The van der Waals surface area contributed by atoms with Gasteiger partial charge in [0.05, 0.1) is 17.5 Å². The zero-order valence-corrected chi connectivity index (χ0v) is 23.2. The first-order valence-corrected chi connectivity index (χ1v) is 14.5. The quantitative estimate of drug-likeness (QED) is 0.361. The van der Waals surface area contributed by atoms with Crippen LogP contribution >= 0.6 is 0 Å². The highest BCUT2D eigenvalue weighted by Gasteiger charge is 2.28. The van der Waals surface area contributed by atoms with E-state index in [2.05, 4.69) is 9.88 Å². The Morgan fingerprint density at radius 1 is 0.949 bits per heavy atom. The summed E-state index contributed by atoms with van der Waals surface area (Å²) in [5.41, 5.74) is 2.67. The van der Waals surface area contributed by atoms with Crippen molar-refractivity contribution in [1.29, 1.82) is 0 Å². The Labute approximate surface area is 227 Å². The highest BCUT2D eigenvalue weighted by Crippen LogP contribution is 2.25. The van der Waals surface area contributed by atoms with Gasteiger partial charge in [-0.25, -0.2) is 13.2 Å². The molecule has 0 bridgehead atoms. The maximum atomic E-state index is 13.3. The average molecular weight is 552 g/mol. The zero-order chi connectivity index (χ0) is 27.7. The van der Waals surface area contributed by atoms with Gasteiger partial charge in [-0.3, -0.25) is 18.8 Å². The SMILES string of the molecule is CCCn1c(=O)c2[nH]c(-c3ccc(S(=O)(=O)N4CCN(Cc5ccc(OC)cc5)CC4)cc3)cc2n(C)c1=O. The molecule has 3 heterocycles. The molecular formula is C28H33N5O5S. The van der Waals surface area contributed by atoms with E-state index in [0.717, 1.165) is 23.4 Å². The highest BCUT2D eigenvalue weighted by atomic mass is 32.2. The smallest absolute Gasteiger partial charge is 0.331 e. The Balaban J connectivity index is 1.30. The van der Waals surface area contributed by atoms with Crippen molar-refractivity contribution < 1.29 is 13.2 Å². The van der Waals surface area contributed by atoms with E-state index in [-0.39, 0.29) is 16.1 Å². The molecule has 1 N–H and O–H groups in total. The molecule has 0 unspecified atom stereocenters. The average Bonchev–Trinajstić information content (AvgIpc) is 3.41. The summed E-state index contributed by atoms with van der Waals surface area (Å²) in [6, 6.07) is 16.3. The standard InChI is InChI=1S/C28H33N5O5S/c1-4-13-33-27(34)26-25(30(2)28(33)35)18-24(29-26)21-7-11-23(12-8-21)39(36,37)32-16-14-31(15-17-32)19-20-5-9-22(38-3)10-6-20/h5-12,18,29H,4,13-17,19H2,1-3H3. The molecule has 39 heavy (non-hydrogen) atoms. The summed E-state index contributed by atoms with van der Waals surface area (Å²) in [7, 11) is -0.363. The Bertz CT molecular complexity index is 1690. The molecule has 2 aromatic carbocycles. The predicted octanol–water partition coefficient (Wildman–Crippen LogP) is 2.62. The lowest BCUT2D eigenvalue weighted by atomic mass is 10.1. The molecule has 11 heteroatoms. The summed E-state index contributed by atoms with van der Waals surface area (Å²) in [4.78, 5) is 31.1. The number of H-pyrrole nitrogens is 1. The monoisotopic (exact) mass is 551 g/mol. The van der Waals surface area contributed by atoms with Gasteiger partial charge in [0.1, 0.15) is 11.3 Å². The van der Waals surface area contributed by atoms with E-state index < -0.39 is 10.0 Å². The lowest BCUT2D eigenvalue weighted by Crippen LogP contribution is -2.48. The van der Waals surface area contributed by atoms with Crippen molar-refractivity contribution in [2.75, 3.05) is 33.3 Å². The summed E-state index contributed by atoms with van der Waals surface area (Å²) in [5.74, 6) is 0.811. The van der Waals surface area contributed by atoms with Gasteiger partial charge in [-0.05, 0) is 47.9 Å². The molecule has 1 saturated heterocycles. The van der Waals surface area contributed by atoms with Gasteiger partial charge in [-0.2, -0.15) is 4.31 Å². The second-order valence-electron chi connectivity index (χ2n) is 9.79. The fourth-order valence-electron chi connectivity index (χ4n) is 5.03. The minimum atomic E-state index is -3.64. The number of methoxy groups -OCH3 is 1. The molecule has 1 aliphatic rings. The van der Waals surface area contributed by atoms with Crippen LogP contribution in [0.1, 0.15) is 18.9 Å². The number of hydrogen-bond donors (Lipinski definition) is 1. The number of aromatic nitrogens is 3. The van der Waals surface area contributed by atoms with E-state index in [1.165, 1.54) is 13.4 Å². The van der Waals surface area contributed by atoms with Gasteiger partial charge in [0, 0.05) is 52.0 Å². The molecule has 206 valence electrons. The molecule has 0 radical (unpaired) electrons. The van der Waals surface area contributed by atoms with Crippen molar-refractivity contribution in [1.82, 2.24) is 23.3 Å². The molecule has 2 aromatic heterocycles. The number of piperazine rings is 1. The molecule has 0 amide bonds. The number of nitrogens with one attached hydrogen (secondary N) is 1. The van der Waals surface area contributed by atoms with Crippen LogP contribution in [0.5, 0.6) is 5.75 Å². The van der Waals surface area contributed by atoms with Gasteiger partial charge in [0.15, 0.2) is 0 Å². The fraction of sp³-hybridized carbons (Fsp3) is 0.357. The summed E-state index contributed by atoms with van der Waals surface area (Å²) >= 11 is 0. The summed E-state index contributed by atoms with van der Waals surface area (Å²) in [6.07, 6.45) is 0.669. The van der Waals surface area contributed by atoms with Crippen molar-refractivity contribution in [2.45, 2.75) is 31.3 Å². The van der Waals surface area contributed by atoms with Crippen LogP contribution in [0.15, 0.2) is 69.1 Å². The van der Waals surface area contributed by atoms with Crippen LogP contribution in [0.25, 0.3) is 22.3 Å². The first-order chi connectivity index (χ1) is 18.7. The molecule has 0 saturated carbocycles. The first-order valence-electron chi connectivity index (χ1n) is 13.0. The molecule has 0 spiro atoms. The summed E-state index contributed by atoms with van der Waals surface area (Å²) in [5, 5.41) is 0. The molecule has 0 aliphatic carbocycles. The predicted molar refractivity (Wildman–Crippen MR) is 151 cm³/mol. The Hall–Kier alpha value is -3.67. The number of sulfonamides is 1. The van der Waals surface area contributed by atoms with E-state index >= 15 is 0 Å². The minimum Gasteiger partial charge on any atom is -0.497 e. The minimum absolute atomic E-state index is 0.226. The van der Waals surface area contributed by atoms with Crippen molar-refractivity contribution in [2.24, 2.45) is 7.05 Å². The van der Waals surface area contributed by atoms with E-state index in [1.54, 1.807) is 44.5 Å². The largest absolute Gasteiger partial charge is 0.497 e. The van der Waals surface area contributed by atoms with E-state index in [9.17, 15) is 18.0 Å². The number of rotatable bonds is 8. The third kappa shape index (κ3) is 5.17. The number of nitrogens with zero attached hydrogens (tertiary/aromatic N) is 4. The van der Waals surface area contributed by atoms with Crippen LogP contribution in [0, 0.1) is 0 Å². The van der Waals surface area contributed by atoms with Gasteiger partial charge in [0.2, 0.25) is 10.0 Å². The number of aryl methyl sites for hydroxylation is 1. The second kappa shape index (κ2) is 10.8. The van der Waals surface area contributed by atoms with Gasteiger partial charge >= 0.3 is 5.69 Å². The van der Waals surface area contributed by atoms with Crippen molar-refractivity contribution >= 4 is 21.1 Å². The van der Waals surface area contributed by atoms with Crippen molar-refractivity contribution in [3.8, 4) is 17.0 Å². The second-order valence-corrected chi connectivity index (χ2v) is 11.7. The van der Waals surface area contributed by atoms with Gasteiger partial charge in [0.25, 0.3) is 5.56 Å². The lowest BCUT2D eigenvalue weighted by Gasteiger charge is -2.34. The van der Waals surface area contributed by atoms with Crippen molar-refractivity contribution in [3.63, 3.8) is 0 Å². The Morgan fingerprint density at radius 2 is 1.62 bits per heavy atom. The number of fused-ring (bicyclic) bond motifs is 1. The summed E-state index contributed by atoms with van der Waals surface area (Å²) in [6.45, 7) is 5.14. The van der Waals surface area contributed by atoms with Crippen LogP contribution in [0.2, 0.25) is 0 Å². The number of ether oxygens (including phenoxy) is 1. The van der Waals surface area contributed by atoms with Crippen LogP contribution in [0.3, 0.4) is 0 Å². The maximum absolute atomic E-state index is 13.3. The van der Waals surface area contributed by atoms with Crippen molar-refractivity contribution in [3.05, 3.63) is 81.0 Å². The maximum Gasteiger partial charge on any atom is 0.331 e. The number of aromatic amines is 1. The molecular weight excluding hydrogens is 518 g/mol. The van der Waals surface area contributed by atoms with Crippen LogP contribution in [-0.2, 0) is 30.2 Å². The van der Waals surface area contributed by atoms with Crippen LogP contribution < -0.4 is 16.0 Å². The first kappa shape index (κ1) is 26.9. The van der Waals surface area contributed by atoms with E-state index in [4.69, 9.17) is 4.74 Å². The molecule has 1 aliphatic heterocycles. The molecule has 0 atom stereocenters. The van der Waals surface area contributed by atoms with Gasteiger partial charge in [-0.15, -0.1) is 0 Å². The molecule has 1 fully saturated rings. The highest BCUT2D eigenvalue weighted by molar-refractivity contribution is 7.89. The Kier molecular flexibility index (Phi) is 7.48. The summed E-state index contributed by atoms with van der Waals surface area (Å²) < 4.78 is 36.1. The lowest BCUT2D eigenvalue weighted by molar-refractivity contribution is 0.181. The van der Waals surface area contributed by atoms with Crippen LogP contribution in [-0.4, -0.2) is 65.0 Å². The molecule has 5 rings (SSSR count). The number of benzene rings is 2. The third-order valence-corrected chi connectivity index (χ3v) is 9.19. The third-order valence-electron chi connectivity index (χ3n) is 7.28. The normalized spacial score (nSPS) is 15.2. The molecule has 4 aromatic rings. The van der Waals surface area contributed by atoms with E-state index in [0.29, 0.717) is 55.9 Å². The van der Waals surface area contributed by atoms with Gasteiger partial charge in [-0.1, -0.05) is 31.2 Å². The zero-order valence-electron chi connectivity index (χ0n) is 22.4. The van der Waals surface area contributed by atoms with E-state index in [1.807, 2.05) is 31.2 Å². The Morgan fingerprint density at radius 3 is 2.23 bits per heavy atom. The topological polar surface area (TPSA) is 110 Å². The fourth-order valence-corrected chi connectivity index (χ4v) is 6.45. The van der Waals surface area contributed by atoms with Crippen LogP contribution in [0.4, 0.5) is 0 Å². The molecule has 10 nitrogen and oxygen atoms in total. The number of hydrogen-bond acceptors (Lipinski definition) is 6. The van der Waals surface area contributed by atoms with Gasteiger partial charge < -0.3 is 9.72 Å².